The molecule has 84 valence electrons. The van der Waals surface area contributed by atoms with E-state index < -0.39 is 0 Å². The minimum absolute atomic E-state index is 0.427. The summed E-state index contributed by atoms with van der Waals surface area (Å²) in [7, 11) is 0. The van der Waals surface area contributed by atoms with Gasteiger partial charge >= 0.3 is 0 Å². The van der Waals surface area contributed by atoms with Gasteiger partial charge in [0.25, 0.3) is 0 Å². The predicted octanol–water partition coefficient (Wildman–Crippen LogP) is 3.25. The highest BCUT2D eigenvalue weighted by Crippen LogP contribution is 2.48. The lowest BCUT2D eigenvalue weighted by atomic mass is 10.2. The topological polar surface area (TPSA) is 17.8 Å². The third kappa shape index (κ3) is 2.94. The number of hydrogen-bond donors (Lipinski definition) is 0. The van der Waals surface area contributed by atoms with Crippen LogP contribution >= 0.6 is 23.5 Å². The van der Waals surface area contributed by atoms with Crippen LogP contribution in [-0.2, 0) is 6.54 Å². The smallest absolute Gasteiger partial charge is 0.0946 e. The molecule has 15 heavy (non-hydrogen) atoms. The lowest BCUT2D eigenvalue weighted by molar-refractivity contribution is 0.567. The summed E-state index contributed by atoms with van der Waals surface area (Å²) in [5.74, 6) is 2.62. The highest BCUT2D eigenvalue weighted by atomic mass is 32.2. The fourth-order valence-electron chi connectivity index (χ4n) is 1.92. The van der Waals surface area contributed by atoms with Crippen molar-refractivity contribution in [2.24, 2.45) is 0 Å². The van der Waals surface area contributed by atoms with E-state index in [2.05, 4.69) is 46.2 Å². The number of rotatable bonds is 5. The molecule has 0 saturated carbocycles. The maximum Gasteiger partial charge on any atom is 0.0946 e. The summed E-state index contributed by atoms with van der Waals surface area (Å²) >= 11 is 4.28. The summed E-state index contributed by atoms with van der Waals surface area (Å²) in [4.78, 5) is 4.12. The maximum absolute atomic E-state index is 4.12. The molecule has 1 aliphatic heterocycles. The van der Waals surface area contributed by atoms with Gasteiger partial charge in [-0.25, -0.2) is 4.98 Å². The zero-order chi connectivity index (χ0) is 10.6. The first-order valence-corrected chi connectivity index (χ1v) is 7.55. The second-order valence-electron chi connectivity index (χ2n) is 3.95. The number of unbranched alkanes of at least 4 members (excludes halogenated alkanes) is 1. The number of thioether (sulfide) groups is 2. The van der Waals surface area contributed by atoms with Gasteiger partial charge < -0.3 is 4.57 Å². The molecule has 4 heteroatoms. The number of hydrogen-bond acceptors (Lipinski definition) is 3. The van der Waals surface area contributed by atoms with Crippen LogP contribution in [0.25, 0.3) is 0 Å². The van der Waals surface area contributed by atoms with Crippen LogP contribution in [-0.4, -0.2) is 25.1 Å². The molecule has 2 rings (SSSR count). The Balaban J connectivity index is 1.99. The molecule has 0 atom stereocenters. The van der Waals surface area contributed by atoms with E-state index >= 15 is 0 Å². The molecule has 0 aromatic carbocycles. The standard InChI is InChI=1S/C11H18N2S2/c1-2-3-4-11(14-7-8-15-11)9-13-6-5-12-10-13/h5-6,10H,2-4,7-9H2,1H3. The van der Waals surface area contributed by atoms with E-state index in [1.807, 2.05) is 12.5 Å². The van der Waals surface area contributed by atoms with Crippen molar-refractivity contribution in [1.29, 1.82) is 0 Å². The average molecular weight is 242 g/mol. The molecule has 0 bridgehead atoms. The van der Waals surface area contributed by atoms with Gasteiger partial charge in [-0.05, 0) is 6.42 Å². The third-order valence-electron chi connectivity index (χ3n) is 2.71. The van der Waals surface area contributed by atoms with Crippen molar-refractivity contribution in [3.8, 4) is 0 Å². The van der Waals surface area contributed by atoms with Gasteiger partial charge in [0.05, 0.1) is 10.4 Å². The summed E-state index contributed by atoms with van der Waals surface area (Å²) in [5, 5.41) is 0. The maximum atomic E-state index is 4.12. The van der Waals surface area contributed by atoms with Crippen LogP contribution < -0.4 is 0 Å². The Bertz CT molecular complexity index is 279. The van der Waals surface area contributed by atoms with Crippen LogP contribution in [0.1, 0.15) is 26.2 Å². The molecule has 1 aromatic heterocycles. The quantitative estimate of drug-likeness (QED) is 0.789. The highest BCUT2D eigenvalue weighted by molar-refractivity contribution is 8.21. The molecule has 1 fully saturated rings. The second-order valence-corrected chi connectivity index (χ2v) is 7.16. The molecule has 0 radical (unpaired) electrons. The molecule has 2 heterocycles. The van der Waals surface area contributed by atoms with Crippen molar-refractivity contribution in [2.75, 3.05) is 11.5 Å². The first kappa shape index (κ1) is 11.4. The van der Waals surface area contributed by atoms with E-state index in [9.17, 15) is 0 Å². The molecule has 0 N–H and O–H groups in total. The molecule has 0 unspecified atom stereocenters. The Hall–Kier alpha value is -0.0900. The fourth-order valence-corrected chi connectivity index (χ4v) is 5.22. The zero-order valence-corrected chi connectivity index (χ0v) is 10.8. The summed E-state index contributed by atoms with van der Waals surface area (Å²) in [6.45, 7) is 3.39. The van der Waals surface area contributed by atoms with E-state index in [0.717, 1.165) is 6.54 Å². The first-order chi connectivity index (χ1) is 7.35. The van der Waals surface area contributed by atoms with Gasteiger partial charge in [-0.2, -0.15) is 0 Å². The van der Waals surface area contributed by atoms with E-state index in [1.165, 1.54) is 30.8 Å². The van der Waals surface area contributed by atoms with E-state index in [4.69, 9.17) is 0 Å². The first-order valence-electron chi connectivity index (χ1n) is 5.58. The van der Waals surface area contributed by atoms with Gasteiger partial charge in [-0.15, -0.1) is 23.5 Å². The van der Waals surface area contributed by atoms with Crippen molar-refractivity contribution in [3.63, 3.8) is 0 Å². The Kier molecular flexibility index (Phi) is 4.03. The second kappa shape index (κ2) is 5.30. The van der Waals surface area contributed by atoms with Crippen LogP contribution in [0.3, 0.4) is 0 Å². The molecule has 0 amide bonds. The molecule has 1 aliphatic rings. The zero-order valence-electron chi connectivity index (χ0n) is 9.19. The molecule has 2 nitrogen and oxygen atoms in total. The van der Waals surface area contributed by atoms with E-state index in [-0.39, 0.29) is 0 Å². The predicted molar refractivity (Wildman–Crippen MR) is 69.4 cm³/mol. The van der Waals surface area contributed by atoms with Crippen molar-refractivity contribution in [1.82, 2.24) is 9.55 Å². The molecule has 1 saturated heterocycles. The number of nitrogens with zero attached hydrogens (tertiary/aromatic N) is 2. The Morgan fingerprint density at radius 3 is 2.80 bits per heavy atom. The number of imidazole rings is 1. The summed E-state index contributed by atoms with van der Waals surface area (Å²) in [6.07, 6.45) is 9.86. The van der Waals surface area contributed by atoms with Gasteiger partial charge in [0, 0.05) is 30.4 Å². The highest BCUT2D eigenvalue weighted by Gasteiger charge is 2.35. The van der Waals surface area contributed by atoms with Crippen LogP contribution in [0.15, 0.2) is 18.7 Å². The van der Waals surface area contributed by atoms with Gasteiger partial charge in [0.1, 0.15) is 0 Å². The molecule has 0 aliphatic carbocycles. The monoisotopic (exact) mass is 242 g/mol. The van der Waals surface area contributed by atoms with Crippen molar-refractivity contribution >= 4 is 23.5 Å². The Labute approximate surface area is 100 Å². The fraction of sp³-hybridized carbons (Fsp3) is 0.727. The van der Waals surface area contributed by atoms with Crippen LogP contribution in [0, 0.1) is 0 Å². The van der Waals surface area contributed by atoms with Crippen LogP contribution in [0.4, 0.5) is 0 Å². The van der Waals surface area contributed by atoms with Gasteiger partial charge in [-0.1, -0.05) is 19.8 Å². The van der Waals surface area contributed by atoms with Crippen LogP contribution in [0.2, 0.25) is 0 Å². The van der Waals surface area contributed by atoms with E-state index in [0.29, 0.717) is 4.08 Å². The van der Waals surface area contributed by atoms with Crippen LogP contribution in [0.5, 0.6) is 0 Å². The lowest BCUT2D eigenvalue weighted by Gasteiger charge is -2.27. The number of aromatic nitrogens is 2. The largest absolute Gasteiger partial charge is 0.335 e. The van der Waals surface area contributed by atoms with Gasteiger partial charge in [0.2, 0.25) is 0 Å². The molecule has 1 aromatic rings. The summed E-state index contributed by atoms with van der Waals surface area (Å²) < 4.78 is 2.65. The minimum atomic E-state index is 0.427. The Morgan fingerprint density at radius 1 is 1.40 bits per heavy atom. The van der Waals surface area contributed by atoms with Gasteiger partial charge in [-0.3, -0.25) is 0 Å². The molecular formula is C11H18N2S2. The lowest BCUT2D eigenvalue weighted by Crippen LogP contribution is -2.24. The summed E-state index contributed by atoms with van der Waals surface area (Å²) in [6, 6.07) is 0. The summed E-state index contributed by atoms with van der Waals surface area (Å²) in [5.41, 5.74) is 0. The molecule has 0 spiro atoms. The Morgan fingerprint density at radius 2 is 2.20 bits per heavy atom. The van der Waals surface area contributed by atoms with Crippen molar-refractivity contribution < 1.29 is 0 Å². The van der Waals surface area contributed by atoms with Gasteiger partial charge in [0.15, 0.2) is 0 Å². The van der Waals surface area contributed by atoms with Crippen molar-refractivity contribution in [2.45, 2.75) is 36.8 Å². The third-order valence-corrected chi connectivity index (χ3v) is 6.21. The molecular weight excluding hydrogens is 224 g/mol. The van der Waals surface area contributed by atoms with Crippen molar-refractivity contribution in [3.05, 3.63) is 18.7 Å². The normalized spacial score (nSPS) is 19.5. The average Bonchev–Trinajstić information content (AvgIpc) is 2.88. The van der Waals surface area contributed by atoms with E-state index in [1.54, 1.807) is 0 Å². The minimum Gasteiger partial charge on any atom is -0.335 e. The SMILES string of the molecule is CCCCC1(Cn2ccnc2)SCCS1.